The van der Waals surface area contributed by atoms with Crippen LogP contribution in [0.4, 0.5) is 5.69 Å². The summed E-state index contributed by atoms with van der Waals surface area (Å²) in [6, 6.07) is 13.2. The number of methoxy groups -OCH3 is 1. The molecule has 1 atom stereocenters. The predicted octanol–water partition coefficient (Wildman–Crippen LogP) is 4.11. The molecule has 4 nitrogen and oxygen atoms in total. The summed E-state index contributed by atoms with van der Waals surface area (Å²) >= 11 is 0. The summed E-state index contributed by atoms with van der Waals surface area (Å²) in [5.74, 6) is 1.26. The number of anilines is 1. The van der Waals surface area contributed by atoms with E-state index in [9.17, 15) is 4.79 Å². The molecule has 2 aromatic carbocycles. The van der Waals surface area contributed by atoms with E-state index >= 15 is 0 Å². The second kappa shape index (κ2) is 7.68. The second-order valence-corrected chi connectivity index (χ2v) is 5.50. The highest BCUT2D eigenvalue weighted by molar-refractivity contribution is 5.95. The Kier molecular flexibility index (Phi) is 5.63. The Bertz CT molecular complexity index is 665. The van der Waals surface area contributed by atoms with Crippen molar-refractivity contribution in [2.75, 3.05) is 12.4 Å². The van der Waals surface area contributed by atoms with Gasteiger partial charge in [-0.25, -0.2) is 0 Å². The molecular formula is C19H23NO3. The van der Waals surface area contributed by atoms with Gasteiger partial charge in [-0.05, 0) is 56.2 Å². The van der Waals surface area contributed by atoms with Crippen LogP contribution in [-0.2, 0) is 4.79 Å². The molecule has 23 heavy (non-hydrogen) atoms. The maximum atomic E-state index is 12.4. The Balaban J connectivity index is 2.05. The van der Waals surface area contributed by atoms with Crippen molar-refractivity contribution in [1.29, 1.82) is 0 Å². The van der Waals surface area contributed by atoms with Gasteiger partial charge in [-0.15, -0.1) is 0 Å². The highest BCUT2D eigenvalue weighted by Crippen LogP contribution is 2.20. The summed E-state index contributed by atoms with van der Waals surface area (Å²) in [7, 11) is 1.61. The largest absolute Gasteiger partial charge is 0.497 e. The Hall–Kier alpha value is -2.49. The van der Waals surface area contributed by atoms with Crippen molar-refractivity contribution in [2.24, 2.45) is 0 Å². The van der Waals surface area contributed by atoms with E-state index in [1.807, 2.05) is 51.1 Å². The molecule has 0 spiro atoms. The normalized spacial score (nSPS) is 11.7. The summed E-state index contributed by atoms with van der Waals surface area (Å²) in [6.45, 7) is 5.93. The van der Waals surface area contributed by atoms with E-state index < -0.39 is 6.10 Å². The number of amides is 1. The fourth-order valence-electron chi connectivity index (χ4n) is 2.31. The van der Waals surface area contributed by atoms with Crippen molar-refractivity contribution in [3.8, 4) is 11.5 Å². The first-order chi connectivity index (χ1) is 11.0. The van der Waals surface area contributed by atoms with E-state index in [4.69, 9.17) is 9.47 Å². The van der Waals surface area contributed by atoms with Crippen molar-refractivity contribution in [3.05, 3.63) is 53.6 Å². The number of ether oxygens (including phenoxy) is 2. The van der Waals surface area contributed by atoms with E-state index in [2.05, 4.69) is 5.32 Å². The van der Waals surface area contributed by atoms with E-state index in [1.165, 1.54) is 5.56 Å². The van der Waals surface area contributed by atoms with Gasteiger partial charge in [0.1, 0.15) is 11.5 Å². The SMILES string of the molecule is CC[C@@H](Oc1ccc(OC)cc1)C(=O)Nc1ccc(C)cc1C. The molecule has 0 bridgehead atoms. The average Bonchev–Trinajstić information content (AvgIpc) is 2.55. The van der Waals surface area contributed by atoms with Crippen LogP contribution in [0.3, 0.4) is 0 Å². The molecule has 2 aromatic rings. The molecule has 0 aliphatic rings. The van der Waals surface area contributed by atoms with Crippen LogP contribution in [0.1, 0.15) is 24.5 Å². The maximum absolute atomic E-state index is 12.4. The van der Waals surface area contributed by atoms with Crippen molar-refractivity contribution in [1.82, 2.24) is 0 Å². The zero-order chi connectivity index (χ0) is 16.8. The Labute approximate surface area is 137 Å². The Morgan fingerprint density at radius 2 is 1.74 bits per heavy atom. The zero-order valence-electron chi connectivity index (χ0n) is 14.1. The van der Waals surface area contributed by atoms with E-state index in [1.54, 1.807) is 19.2 Å². The van der Waals surface area contributed by atoms with Gasteiger partial charge in [0.2, 0.25) is 0 Å². The van der Waals surface area contributed by atoms with E-state index in [0.29, 0.717) is 12.2 Å². The van der Waals surface area contributed by atoms with Gasteiger partial charge in [-0.3, -0.25) is 4.79 Å². The first kappa shape index (κ1) is 16.9. The van der Waals surface area contributed by atoms with Gasteiger partial charge in [-0.2, -0.15) is 0 Å². The lowest BCUT2D eigenvalue weighted by molar-refractivity contribution is -0.122. The molecule has 0 unspecified atom stereocenters. The van der Waals surface area contributed by atoms with Gasteiger partial charge in [0.15, 0.2) is 6.10 Å². The first-order valence-electron chi connectivity index (χ1n) is 7.72. The third kappa shape index (κ3) is 4.49. The van der Waals surface area contributed by atoms with Crippen LogP contribution in [-0.4, -0.2) is 19.1 Å². The molecule has 0 heterocycles. The van der Waals surface area contributed by atoms with Gasteiger partial charge >= 0.3 is 0 Å². The van der Waals surface area contributed by atoms with Gasteiger partial charge < -0.3 is 14.8 Å². The minimum absolute atomic E-state index is 0.143. The Morgan fingerprint density at radius 3 is 2.30 bits per heavy atom. The second-order valence-electron chi connectivity index (χ2n) is 5.50. The van der Waals surface area contributed by atoms with Crippen LogP contribution < -0.4 is 14.8 Å². The molecular weight excluding hydrogens is 290 g/mol. The van der Waals surface area contributed by atoms with E-state index in [0.717, 1.165) is 17.0 Å². The first-order valence-corrected chi connectivity index (χ1v) is 7.72. The smallest absolute Gasteiger partial charge is 0.265 e. The van der Waals surface area contributed by atoms with Crippen LogP contribution in [0.15, 0.2) is 42.5 Å². The number of rotatable bonds is 6. The summed E-state index contributed by atoms with van der Waals surface area (Å²) in [6.07, 6.45) is 0.0482. The predicted molar refractivity (Wildman–Crippen MR) is 92.2 cm³/mol. The van der Waals surface area contributed by atoms with Crippen molar-refractivity contribution < 1.29 is 14.3 Å². The standard InChI is InChI=1S/C19H23NO3/c1-5-18(23-16-9-7-15(22-4)8-10-16)19(21)20-17-11-6-13(2)12-14(17)3/h6-12,18H,5H2,1-4H3,(H,20,21)/t18-/m1/s1. The molecule has 0 saturated heterocycles. The third-order valence-electron chi connectivity index (χ3n) is 3.64. The van der Waals surface area contributed by atoms with Crippen molar-refractivity contribution in [3.63, 3.8) is 0 Å². The number of nitrogens with one attached hydrogen (secondary N) is 1. The number of carbonyl (C=O) groups excluding carboxylic acids is 1. The zero-order valence-corrected chi connectivity index (χ0v) is 14.1. The Morgan fingerprint density at radius 1 is 1.09 bits per heavy atom. The van der Waals surface area contributed by atoms with Crippen LogP contribution in [0.2, 0.25) is 0 Å². The van der Waals surface area contributed by atoms with Crippen molar-refractivity contribution >= 4 is 11.6 Å². The van der Waals surface area contributed by atoms with Gasteiger partial charge in [0.25, 0.3) is 5.91 Å². The minimum atomic E-state index is -0.538. The van der Waals surface area contributed by atoms with E-state index in [-0.39, 0.29) is 5.91 Å². The topological polar surface area (TPSA) is 47.6 Å². The maximum Gasteiger partial charge on any atom is 0.265 e. The monoisotopic (exact) mass is 313 g/mol. The average molecular weight is 313 g/mol. The molecule has 0 aliphatic heterocycles. The lowest BCUT2D eigenvalue weighted by Crippen LogP contribution is -2.32. The van der Waals surface area contributed by atoms with Gasteiger partial charge in [0.05, 0.1) is 7.11 Å². The van der Waals surface area contributed by atoms with Crippen LogP contribution in [0.5, 0.6) is 11.5 Å². The molecule has 0 radical (unpaired) electrons. The third-order valence-corrected chi connectivity index (χ3v) is 3.64. The van der Waals surface area contributed by atoms with Gasteiger partial charge in [0, 0.05) is 5.69 Å². The summed E-state index contributed by atoms with van der Waals surface area (Å²) in [5, 5.41) is 2.94. The fraction of sp³-hybridized carbons (Fsp3) is 0.316. The lowest BCUT2D eigenvalue weighted by Gasteiger charge is -2.18. The molecule has 0 aliphatic carbocycles. The lowest BCUT2D eigenvalue weighted by atomic mass is 10.1. The fourth-order valence-corrected chi connectivity index (χ4v) is 2.31. The molecule has 1 N–H and O–H groups in total. The molecule has 0 fully saturated rings. The van der Waals surface area contributed by atoms with Crippen LogP contribution in [0.25, 0.3) is 0 Å². The molecule has 122 valence electrons. The van der Waals surface area contributed by atoms with Gasteiger partial charge in [-0.1, -0.05) is 24.6 Å². The quantitative estimate of drug-likeness (QED) is 0.873. The molecule has 2 rings (SSSR count). The molecule has 0 aromatic heterocycles. The highest BCUT2D eigenvalue weighted by Gasteiger charge is 2.19. The number of aryl methyl sites for hydroxylation is 2. The summed E-state index contributed by atoms with van der Waals surface area (Å²) in [5.41, 5.74) is 3.03. The molecule has 0 saturated carbocycles. The molecule has 1 amide bonds. The van der Waals surface area contributed by atoms with Crippen LogP contribution in [0, 0.1) is 13.8 Å². The highest BCUT2D eigenvalue weighted by atomic mass is 16.5. The number of benzene rings is 2. The molecule has 4 heteroatoms. The summed E-state index contributed by atoms with van der Waals surface area (Å²) < 4.78 is 10.9. The van der Waals surface area contributed by atoms with Crippen molar-refractivity contribution in [2.45, 2.75) is 33.3 Å². The van der Waals surface area contributed by atoms with Crippen LogP contribution >= 0.6 is 0 Å². The number of hydrogen-bond donors (Lipinski definition) is 1. The minimum Gasteiger partial charge on any atom is -0.497 e. The summed E-state index contributed by atoms with van der Waals surface area (Å²) in [4.78, 5) is 12.4. The number of carbonyl (C=O) groups is 1. The number of hydrogen-bond acceptors (Lipinski definition) is 3.